The van der Waals surface area contributed by atoms with Crippen LogP contribution in [0.3, 0.4) is 0 Å². The van der Waals surface area contributed by atoms with E-state index in [2.05, 4.69) is 0 Å². The maximum atomic E-state index is 12.3. The van der Waals surface area contributed by atoms with Crippen LogP contribution in [0.15, 0.2) is 23.8 Å². The van der Waals surface area contributed by atoms with Gasteiger partial charge in [0.2, 0.25) is 0 Å². The van der Waals surface area contributed by atoms with Crippen molar-refractivity contribution in [3.05, 3.63) is 23.8 Å². The normalized spacial score (nSPS) is 33.0. The van der Waals surface area contributed by atoms with E-state index in [-0.39, 0.29) is 0 Å². The first-order chi connectivity index (χ1) is 6.31. The summed E-state index contributed by atoms with van der Waals surface area (Å²) < 4.78 is 36.8. The lowest BCUT2D eigenvalue weighted by Crippen LogP contribution is -2.44. The summed E-state index contributed by atoms with van der Waals surface area (Å²) in [5.74, 6) is 0. The molecule has 0 fully saturated rings. The average molecular weight is 229 g/mol. The molecular weight excluding hydrogens is 221 g/mol. The third-order valence-corrected chi connectivity index (χ3v) is 2.42. The van der Waals surface area contributed by atoms with Gasteiger partial charge in [-0.05, 0) is 0 Å². The molecule has 0 heterocycles. The maximum absolute atomic E-state index is 12.3. The molecule has 1 rings (SSSR count). The summed E-state index contributed by atoms with van der Waals surface area (Å²) in [5, 5.41) is 18.1. The van der Waals surface area contributed by atoms with Gasteiger partial charge in [0.05, 0.1) is 12.2 Å². The van der Waals surface area contributed by atoms with Gasteiger partial charge in [-0.15, -0.1) is 11.6 Å². The molecule has 0 saturated heterocycles. The summed E-state index contributed by atoms with van der Waals surface area (Å²) in [6, 6.07) is 0. The van der Waals surface area contributed by atoms with E-state index in [4.69, 9.17) is 16.7 Å². The Morgan fingerprint density at radius 1 is 1.50 bits per heavy atom. The number of alkyl halides is 4. The van der Waals surface area contributed by atoms with Crippen LogP contribution in [0.5, 0.6) is 0 Å². The van der Waals surface area contributed by atoms with Gasteiger partial charge in [-0.1, -0.05) is 18.2 Å². The van der Waals surface area contributed by atoms with Gasteiger partial charge in [0, 0.05) is 0 Å². The lowest BCUT2D eigenvalue weighted by Gasteiger charge is -2.32. The topological polar surface area (TPSA) is 40.5 Å². The average Bonchev–Trinajstić information content (AvgIpc) is 2.08. The molecule has 6 heteroatoms. The van der Waals surface area contributed by atoms with E-state index in [1.807, 2.05) is 0 Å². The Morgan fingerprint density at radius 3 is 2.50 bits per heavy atom. The van der Waals surface area contributed by atoms with Crippen LogP contribution in [0, 0.1) is 0 Å². The predicted molar refractivity (Wildman–Crippen MR) is 45.0 cm³/mol. The molecule has 80 valence electrons. The number of aliphatic hydroxyl groups excluding tert-OH is 2. The molecule has 0 bridgehead atoms. The highest BCUT2D eigenvalue weighted by Crippen LogP contribution is 2.38. The summed E-state index contributed by atoms with van der Waals surface area (Å²) in [6.45, 7) is -0.764. The van der Waals surface area contributed by atoms with Crippen LogP contribution < -0.4 is 0 Å². The molecule has 2 atom stereocenters. The van der Waals surface area contributed by atoms with Crippen LogP contribution in [-0.2, 0) is 0 Å². The molecule has 0 aliphatic heterocycles. The molecule has 0 aromatic heterocycles. The van der Waals surface area contributed by atoms with Crippen LogP contribution in [0.1, 0.15) is 0 Å². The first-order valence-electron chi connectivity index (χ1n) is 3.76. The van der Waals surface area contributed by atoms with Crippen molar-refractivity contribution >= 4 is 11.6 Å². The first-order valence-corrected chi connectivity index (χ1v) is 4.13. The van der Waals surface area contributed by atoms with Crippen LogP contribution in [-0.4, -0.2) is 34.0 Å². The van der Waals surface area contributed by atoms with Crippen molar-refractivity contribution in [1.29, 1.82) is 0 Å². The minimum Gasteiger partial charge on any atom is -0.394 e. The molecule has 0 radical (unpaired) electrons. The highest BCUT2D eigenvalue weighted by molar-refractivity contribution is 6.26. The van der Waals surface area contributed by atoms with Crippen molar-refractivity contribution in [3.63, 3.8) is 0 Å². The smallest absolute Gasteiger partial charge is 0.394 e. The number of rotatable bonds is 1. The molecule has 0 saturated carbocycles. The predicted octanol–water partition coefficient (Wildman–Crippen LogP) is 1.38. The van der Waals surface area contributed by atoms with Crippen molar-refractivity contribution in [3.8, 4) is 0 Å². The molecule has 0 spiro atoms. The Hall–Kier alpha value is -0.520. The minimum atomic E-state index is -4.64. The summed E-state index contributed by atoms with van der Waals surface area (Å²) in [5.41, 5.74) is -1.15. The standard InChI is InChI=1S/C8H8ClF3O2/c9-7(4-13)3-1-2-5(6(7)14)8(10,11)12/h1-3,6,13-14H,4H2. The van der Waals surface area contributed by atoms with Gasteiger partial charge in [0.15, 0.2) is 0 Å². The second kappa shape index (κ2) is 3.56. The van der Waals surface area contributed by atoms with Crippen molar-refractivity contribution in [2.45, 2.75) is 17.2 Å². The highest BCUT2D eigenvalue weighted by Gasteiger charge is 2.47. The van der Waals surface area contributed by atoms with E-state index < -0.39 is 29.3 Å². The molecule has 0 amide bonds. The van der Waals surface area contributed by atoms with E-state index in [9.17, 15) is 18.3 Å². The SMILES string of the molecule is OCC1(Cl)C=CC=C(C(F)(F)F)C1O. The fourth-order valence-corrected chi connectivity index (χ4v) is 1.33. The van der Waals surface area contributed by atoms with Crippen LogP contribution >= 0.6 is 11.6 Å². The largest absolute Gasteiger partial charge is 0.415 e. The molecule has 14 heavy (non-hydrogen) atoms. The van der Waals surface area contributed by atoms with Crippen LogP contribution in [0.25, 0.3) is 0 Å². The fraction of sp³-hybridized carbons (Fsp3) is 0.500. The first kappa shape index (κ1) is 11.6. The second-order valence-electron chi connectivity index (χ2n) is 2.97. The monoisotopic (exact) mass is 228 g/mol. The van der Waals surface area contributed by atoms with E-state index in [1.165, 1.54) is 0 Å². The molecule has 1 aliphatic rings. The zero-order valence-corrected chi connectivity index (χ0v) is 7.68. The van der Waals surface area contributed by atoms with Crippen molar-refractivity contribution in [2.24, 2.45) is 0 Å². The van der Waals surface area contributed by atoms with E-state index in [0.717, 1.165) is 18.2 Å². The number of hydrogen-bond donors (Lipinski definition) is 2. The quantitative estimate of drug-likeness (QED) is 0.666. The Morgan fingerprint density at radius 2 is 2.07 bits per heavy atom. The van der Waals surface area contributed by atoms with E-state index >= 15 is 0 Å². The molecular formula is C8H8ClF3O2. The Kier molecular flexibility index (Phi) is 2.94. The Labute approximate surface area is 83.3 Å². The molecule has 2 nitrogen and oxygen atoms in total. The zero-order valence-electron chi connectivity index (χ0n) is 6.92. The summed E-state index contributed by atoms with van der Waals surface area (Å²) in [7, 11) is 0. The van der Waals surface area contributed by atoms with Gasteiger partial charge >= 0.3 is 6.18 Å². The number of halogens is 4. The van der Waals surface area contributed by atoms with Crippen molar-refractivity contribution in [2.75, 3.05) is 6.61 Å². The van der Waals surface area contributed by atoms with Gasteiger partial charge in [-0.3, -0.25) is 0 Å². The third kappa shape index (κ3) is 1.94. The van der Waals surface area contributed by atoms with Gasteiger partial charge in [-0.25, -0.2) is 0 Å². The fourth-order valence-electron chi connectivity index (χ4n) is 1.14. The summed E-state index contributed by atoms with van der Waals surface area (Å²) in [6.07, 6.45) is -3.65. The lowest BCUT2D eigenvalue weighted by molar-refractivity contribution is -0.108. The second-order valence-corrected chi connectivity index (χ2v) is 3.67. The highest BCUT2D eigenvalue weighted by atomic mass is 35.5. The van der Waals surface area contributed by atoms with Gasteiger partial charge in [0.1, 0.15) is 11.0 Å². The lowest BCUT2D eigenvalue weighted by atomic mass is 9.90. The maximum Gasteiger partial charge on any atom is 0.415 e. The Bertz CT molecular complexity index is 285. The Balaban J connectivity index is 3.03. The van der Waals surface area contributed by atoms with E-state index in [1.54, 1.807) is 0 Å². The van der Waals surface area contributed by atoms with Crippen molar-refractivity contribution < 1.29 is 23.4 Å². The van der Waals surface area contributed by atoms with E-state index in [0.29, 0.717) is 0 Å². The third-order valence-electron chi connectivity index (χ3n) is 1.97. The zero-order chi connectivity index (χ0) is 11.0. The molecule has 1 aliphatic carbocycles. The van der Waals surface area contributed by atoms with Crippen LogP contribution in [0.2, 0.25) is 0 Å². The van der Waals surface area contributed by atoms with Gasteiger partial charge in [0.25, 0.3) is 0 Å². The van der Waals surface area contributed by atoms with Crippen molar-refractivity contribution in [1.82, 2.24) is 0 Å². The summed E-state index contributed by atoms with van der Waals surface area (Å²) >= 11 is 5.58. The number of aliphatic hydroxyl groups is 2. The van der Waals surface area contributed by atoms with Crippen LogP contribution in [0.4, 0.5) is 13.2 Å². The van der Waals surface area contributed by atoms with Gasteiger partial charge in [-0.2, -0.15) is 13.2 Å². The molecule has 2 N–H and O–H groups in total. The minimum absolute atomic E-state index is 0.737. The molecule has 0 aromatic rings. The molecule has 0 aromatic carbocycles. The molecule has 2 unspecified atom stereocenters. The van der Waals surface area contributed by atoms with Gasteiger partial charge < -0.3 is 10.2 Å². The number of allylic oxidation sites excluding steroid dienone is 2. The summed E-state index contributed by atoms with van der Waals surface area (Å²) in [4.78, 5) is -1.78. The number of hydrogen-bond acceptors (Lipinski definition) is 2.